The van der Waals surface area contributed by atoms with E-state index in [4.69, 9.17) is 0 Å². The number of benzene rings is 1. The monoisotopic (exact) mass is 422 g/mol. The highest BCUT2D eigenvalue weighted by molar-refractivity contribution is 7.98. The highest BCUT2D eigenvalue weighted by Gasteiger charge is 2.37. The first kappa shape index (κ1) is 18.7. The summed E-state index contributed by atoms with van der Waals surface area (Å²) in [4.78, 5) is 30.1. The van der Waals surface area contributed by atoms with Crippen LogP contribution in [0.25, 0.3) is 11.1 Å². The summed E-state index contributed by atoms with van der Waals surface area (Å²) in [7, 11) is 0. The van der Waals surface area contributed by atoms with Crippen molar-refractivity contribution in [3.05, 3.63) is 74.8 Å². The fraction of sp³-hybridized carbons (Fsp3) is 0.304. The van der Waals surface area contributed by atoms with Crippen LogP contribution < -0.4 is 5.56 Å². The van der Waals surface area contributed by atoms with Crippen LogP contribution in [0.15, 0.2) is 63.6 Å². The average molecular weight is 423 g/mol. The van der Waals surface area contributed by atoms with Gasteiger partial charge in [-0.25, -0.2) is 0 Å². The summed E-state index contributed by atoms with van der Waals surface area (Å²) in [5, 5.41) is 1.94. The highest BCUT2D eigenvalue weighted by Crippen LogP contribution is 2.36. The van der Waals surface area contributed by atoms with E-state index in [9.17, 15) is 9.59 Å². The van der Waals surface area contributed by atoms with Crippen molar-refractivity contribution in [2.24, 2.45) is 5.92 Å². The van der Waals surface area contributed by atoms with Crippen molar-refractivity contribution in [2.75, 3.05) is 19.3 Å². The molecule has 0 radical (unpaired) electrons. The Morgan fingerprint density at radius 3 is 2.62 bits per heavy atom. The van der Waals surface area contributed by atoms with Gasteiger partial charge in [0.15, 0.2) is 0 Å². The molecular weight excluding hydrogens is 400 g/mol. The molecule has 1 fully saturated rings. The number of thioether (sulfide) groups is 1. The van der Waals surface area contributed by atoms with Crippen LogP contribution in [0.4, 0.5) is 0 Å². The first-order chi connectivity index (χ1) is 14.1. The third kappa shape index (κ3) is 3.34. The van der Waals surface area contributed by atoms with Gasteiger partial charge in [-0.1, -0.05) is 18.2 Å². The van der Waals surface area contributed by atoms with Crippen molar-refractivity contribution in [1.82, 2.24) is 9.47 Å². The number of nitrogens with zero attached hydrogens (tertiary/aromatic N) is 2. The Kier molecular flexibility index (Phi) is 4.84. The number of hydrogen-bond donors (Lipinski definition) is 0. The zero-order valence-corrected chi connectivity index (χ0v) is 17.8. The molecule has 29 heavy (non-hydrogen) atoms. The largest absolute Gasteiger partial charge is 0.337 e. The third-order valence-electron chi connectivity index (χ3n) is 6.02. The van der Waals surface area contributed by atoms with Crippen LogP contribution in [-0.4, -0.2) is 34.7 Å². The molecule has 4 heterocycles. The van der Waals surface area contributed by atoms with Crippen LogP contribution >= 0.6 is 23.1 Å². The second-order valence-electron chi connectivity index (χ2n) is 7.80. The molecule has 1 amide bonds. The summed E-state index contributed by atoms with van der Waals surface area (Å²) in [5.41, 5.74) is 2.88. The Morgan fingerprint density at radius 2 is 1.90 bits per heavy atom. The second-order valence-corrected chi connectivity index (χ2v) is 9.63. The molecular formula is C23H22N2O2S2. The first-order valence-electron chi connectivity index (χ1n) is 9.85. The van der Waals surface area contributed by atoms with Gasteiger partial charge < -0.3 is 9.47 Å². The number of likely N-dealkylation sites (tertiary alicyclic amines) is 1. The average Bonchev–Trinajstić information content (AvgIpc) is 3.29. The van der Waals surface area contributed by atoms with Crippen LogP contribution in [0.2, 0.25) is 0 Å². The SMILES string of the molecule is CSc1ccc(-c2ccc3n(c2=O)C[C@H]2C[C@@H]3CN(C(=O)c3cccs3)C2)cc1. The molecule has 0 N–H and O–H groups in total. The van der Waals surface area contributed by atoms with Gasteiger partial charge >= 0.3 is 0 Å². The summed E-state index contributed by atoms with van der Waals surface area (Å²) in [6.45, 7) is 2.11. The van der Waals surface area contributed by atoms with Gasteiger partial charge in [0.2, 0.25) is 0 Å². The Hall–Kier alpha value is -2.31. The summed E-state index contributed by atoms with van der Waals surface area (Å²) in [6, 6.07) is 16.1. The van der Waals surface area contributed by atoms with E-state index in [2.05, 4.69) is 18.2 Å². The van der Waals surface area contributed by atoms with Gasteiger partial charge in [0.25, 0.3) is 11.5 Å². The molecule has 1 saturated heterocycles. The second kappa shape index (κ2) is 7.50. The van der Waals surface area contributed by atoms with Crippen LogP contribution in [0.3, 0.4) is 0 Å². The predicted molar refractivity (Wildman–Crippen MR) is 119 cm³/mol. The third-order valence-corrected chi connectivity index (χ3v) is 7.63. The molecule has 0 aliphatic carbocycles. The van der Waals surface area contributed by atoms with Gasteiger partial charge in [-0.3, -0.25) is 9.59 Å². The quantitative estimate of drug-likeness (QED) is 0.581. The smallest absolute Gasteiger partial charge is 0.263 e. The zero-order chi connectivity index (χ0) is 20.0. The summed E-state index contributed by atoms with van der Waals surface area (Å²) in [6.07, 6.45) is 3.10. The highest BCUT2D eigenvalue weighted by atomic mass is 32.2. The standard InChI is InChI=1S/C23H22N2O2S2/c1-28-18-6-4-16(5-7-18)19-8-9-20-17-11-15(13-25(20)22(19)26)12-24(14-17)23(27)21-3-2-10-29-21/h2-10,15,17H,11-14H2,1H3/t15-,17+/m0/s1. The van der Waals surface area contributed by atoms with Crippen molar-refractivity contribution < 1.29 is 4.79 Å². The molecule has 2 bridgehead atoms. The molecule has 5 rings (SSSR count). The summed E-state index contributed by atoms with van der Waals surface area (Å²) >= 11 is 3.19. The maximum atomic E-state index is 13.3. The van der Waals surface area contributed by atoms with Crippen molar-refractivity contribution in [3.63, 3.8) is 0 Å². The normalized spacial score (nSPS) is 20.4. The Labute approximate surface area is 178 Å². The summed E-state index contributed by atoms with van der Waals surface area (Å²) < 4.78 is 1.96. The molecule has 3 aromatic rings. The van der Waals surface area contributed by atoms with Gasteiger partial charge in [0, 0.05) is 41.7 Å². The minimum atomic E-state index is 0.0899. The minimum Gasteiger partial charge on any atom is -0.337 e. The molecule has 2 aromatic heterocycles. The van der Waals surface area contributed by atoms with E-state index in [-0.39, 0.29) is 17.4 Å². The lowest BCUT2D eigenvalue weighted by atomic mass is 9.82. The molecule has 2 atom stereocenters. The van der Waals surface area contributed by atoms with E-state index in [0.717, 1.165) is 34.7 Å². The maximum Gasteiger partial charge on any atom is 0.263 e. The number of thiophene rings is 1. The lowest BCUT2D eigenvalue weighted by Crippen LogP contribution is -2.49. The van der Waals surface area contributed by atoms with Crippen molar-refractivity contribution >= 4 is 29.0 Å². The molecule has 2 aliphatic heterocycles. The number of hydrogen-bond acceptors (Lipinski definition) is 4. The Balaban J connectivity index is 1.46. The molecule has 0 spiro atoms. The van der Waals surface area contributed by atoms with Crippen molar-refractivity contribution in [3.8, 4) is 11.1 Å². The van der Waals surface area contributed by atoms with Crippen LogP contribution in [0, 0.1) is 5.92 Å². The van der Waals surface area contributed by atoms with Gasteiger partial charge in [-0.15, -0.1) is 23.1 Å². The molecule has 4 nitrogen and oxygen atoms in total. The molecule has 2 aliphatic rings. The van der Waals surface area contributed by atoms with E-state index >= 15 is 0 Å². The molecule has 148 valence electrons. The number of carbonyl (C=O) groups excluding carboxylic acids is 1. The predicted octanol–water partition coefficient (Wildman–Crippen LogP) is 4.56. The summed E-state index contributed by atoms with van der Waals surface area (Å²) in [5.74, 6) is 0.681. The molecule has 6 heteroatoms. The maximum absolute atomic E-state index is 13.3. The van der Waals surface area contributed by atoms with E-state index in [1.807, 2.05) is 51.4 Å². The lowest BCUT2D eigenvalue weighted by molar-refractivity contribution is 0.0599. The van der Waals surface area contributed by atoms with Gasteiger partial charge in [-0.2, -0.15) is 0 Å². The van der Waals surface area contributed by atoms with E-state index in [1.165, 1.54) is 16.2 Å². The number of fused-ring (bicyclic) bond motifs is 4. The Bertz CT molecular complexity index is 1100. The number of pyridine rings is 1. The Morgan fingerprint density at radius 1 is 1.07 bits per heavy atom. The topological polar surface area (TPSA) is 42.3 Å². The van der Waals surface area contributed by atoms with Crippen molar-refractivity contribution in [2.45, 2.75) is 23.8 Å². The van der Waals surface area contributed by atoms with Crippen LogP contribution in [0.5, 0.6) is 0 Å². The zero-order valence-electron chi connectivity index (χ0n) is 16.2. The van der Waals surface area contributed by atoms with Crippen LogP contribution in [0.1, 0.15) is 27.7 Å². The number of carbonyl (C=O) groups is 1. The van der Waals surface area contributed by atoms with Crippen molar-refractivity contribution in [1.29, 1.82) is 0 Å². The minimum absolute atomic E-state index is 0.0899. The van der Waals surface area contributed by atoms with E-state index < -0.39 is 0 Å². The van der Waals surface area contributed by atoms with Crippen LogP contribution in [-0.2, 0) is 6.54 Å². The van der Waals surface area contributed by atoms with E-state index in [0.29, 0.717) is 19.0 Å². The number of rotatable bonds is 3. The molecule has 1 aromatic carbocycles. The number of amides is 1. The van der Waals surface area contributed by atoms with Gasteiger partial charge in [0.05, 0.1) is 4.88 Å². The molecule has 0 saturated carbocycles. The number of aromatic nitrogens is 1. The molecule has 0 unspecified atom stereocenters. The fourth-order valence-corrected chi connectivity index (χ4v) is 5.76. The first-order valence-corrected chi connectivity index (χ1v) is 12.0. The fourth-order valence-electron chi connectivity index (χ4n) is 4.66. The lowest BCUT2D eigenvalue weighted by Gasteiger charge is -2.42. The van der Waals surface area contributed by atoms with Gasteiger partial charge in [-0.05, 0) is 59.9 Å². The number of piperidine rings is 1. The van der Waals surface area contributed by atoms with Gasteiger partial charge in [0.1, 0.15) is 0 Å². The van der Waals surface area contributed by atoms with E-state index in [1.54, 1.807) is 11.8 Å².